The summed E-state index contributed by atoms with van der Waals surface area (Å²) in [6, 6.07) is 0. The molecule has 0 saturated heterocycles. The Morgan fingerprint density at radius 2 is 2.31 bits per heavy atom. The zero-order chi connectivity index (χ0) is 12.2. The van der Waals surface area contributed by atoms with Crippen molar-refractivity contribution in [3.8, 4) is 0 Å². The molecule has 2 N–H and O–H groups in total. The lowest BCUT2D eigenvalue weighted by molar-refractivity contribution is -0.128. The summed E-state index contributed by atoms with van der Waals surface area (Å²) in [4.78, 5) is 18.8. The summed E-state index contributed by atoms with van der Waals surface area (Å²) in [5.74, 6) is -0.286. The molecular formula is C8H14N4O3S. The molecule has 8 heteroatoms. The van der Waals surface area contributed by atoms with Gasteiger partial charge in [-0.1, -0.05) is 0 Å². The smallest absolute Gasteiger partial charge is 0.258 e. The monoisotopic (exact) mass is 246 g/mol. The number of likely N-dealkylation sites (N-methyl/N-ethyl adjacent to an activating group) is 1. The third-order valence-corrected chi connectivity index (χ3v) is 3.40. The second-order valence-corrected chi connectivity index (χ2v) is 4.88. The van der Waals surface area contributed by atoms with E-state index in [2.05, 4.69) is 14.7 Å². The Hall–Kier alpha value is -1.41. The molecule has 0 spiro atoms. The molecule has 0 atom stereocenters. The third kappa shape index (κ3) is 3.04. The fourth-order valence-corrected chi connectivity index (χ4v) is 1.81. The van der Waals surface area contributed by atoms with Gasteiger partial charge in [0.15, 0.2) is 5.03 Å². The van der Waals surface area contributed by atoms with Crippen molar-refractivity contribution in [2.45, 2.75) is 11.9 Å². The van der Waals surface area contributed by atoms with Gasteiger partial charge < -0.3 is 9.88 Å². The minimum atomic E-state index is -3.67. The van der Waals surface area contributed by atoms with Crippen LogP contribution in [0.5, 0.6) is 0 Å². The van der Waals surface area contributed by atoms with Crippen LogP contribution in [-0.4, -0.2) is 49.3 Å². The van der Waals surface area contributed by atoms with E-state index in [9.17, 15) is 13.2 Å². The van der Waals surface area contributed by atoms with Crippen LogP contribution in [0.4, 0.5) is 0 Å². The van der Waals surface area contributed by atoms with Crippen LogP contribution in [0.3, 0.4) is 0 Å². The van der Waals surface area contributed by atoms with Gasteiger partial charge in [0.05, 0.1) is 19.1 Å². The molecule has 1 heterocycles. The lowest BCUT2D eigenvalue weighted by Gasteiger charge is -2.14. The van der Waals surface area contributed by atoms with Gasteiger partial charge in [-0.15, -0.1) is 0 Å². The molecule has 1 aromatic rings. The molecule has 1 aromatic heterocycles. The normalized spacial score (nSPS) is 11.4. The molecule has 0 saturated carbocycles. The van der Waals surface area contributed by atoms with E-state index in [0.29, 0.717) is 6.54 Å². The van der Waals surface area contributed by atoms with Crippen LogP contribution in [0.1, 0.15) is 6.92 Å². The van der Waals surface area contributed by atoms with E-state index in [1.165, 1.54) is 17.4 Å². The number of H-pyrrole nitrogens is 1. The topological polar surface area (TPSA) is 95.2 Å². The van der Waals surface area contributed by atoms with Crippen LogP contribution in [0, 0.1) is 0 Å². The maximum atomic E-state index is 11.6. The van der Waals surface area contributed by atoms with Crippen molar-refractivity contribution >= 4 is 15.9 Å². The van der Waals surface area contributed by atoms with Gasteiger partial charge in [0.1, 0.15) is 0 Å². The predicted molar refractivity (Wildman–Crippen MR) is 57.1 cm³/mol. The average molecular weight is 246 g/mol. The zero-order valence-corrected chi connectivity index (χ0v) is 9.91. The van der Waals surface area contributed by atoms with Crippen molar-refractivity contribution in [2.75, 3.05) is 20.1 Å². The fourth-order valence-electron chi connectivity index (χ4n) is 0.936. The molecule has 90 valence electrons. The Kier molecular flexibility index (Phi) is 4.02. The van der Waals surface area contributed by atoms with Gasteiger partial charge in [0.25, 0.3) is 10.0 Å². The molecule has 1 amide bonds. The molecule has 0 aromatic carbocycles. The first kappa shape index (κ1) is 12.7. The highest BCUT2D eigenvalue weighted by molar-refractivity contribution is 7.89. The van der Waals surface area contributed by atoms with Gasteiger partial charge in [-0.3, -0.25) is 4.79 Å². The molecule has 7 nitrogen and oxygen atoms in total. The number of hydrogen-bond acceptors (Lipinski definition) is 4. The van der Waals surface area contributed by atoms with Gasteiger partial charge in [0.2, 0.25) is 5.91 Å². The largest absolute Gasteiger partial charge is 0.345 e. The summed E-state index contributed by atoms with van der Waals surface area (Å²) in [5, 5.41) is -0.0561. The SMILES string of the molecule is CCN(C)C(=O)CNS(=O)(=O)c1cnc[nH]1. The average Bonchev–Trinajstić information content (AvgIpc) is 2.78. The lowest BCUT2D eigenvalue weighted by Crippen LogP contribution is -2.38. The summed E-state index contributed by atoms with van der Waals surface area (Å²) in [5.41, 5.74) is 0. The number of aromatic nitrogens is 2. The molecule has 0 unspecified atom stereocenters. The fraction of sp³-hybridized carbons (Fsp3) is 0.500. The van der Waals surface area contributed by atoms with Crippen LogP contribution < -0.4 is 4.72 Å². The van der Waals surface area contributed by atoms with E-state index >= 15 is 0 Å². The number of sulfonamides is 1. The number of imidazole rings is 1. The van der Waals surface area contributed by atoms with E-state index in [0.717, 1.165) is 0 Å². The first-order valence-corrected chi connectivity index (χ1v) is 6.17. The number of hydrogen-bond donors (Lipinski definition) is 2. The third-order valence-electron chi connectivity index (χ3n) is 2.08. The molecule has 1 rings (SSSR count). The van der Waals surface area contributed by atoms with Crippen molar-refractivity contribution < 1.29 is 13.2 Å². The highest BCUT2D eigenvalue weighted by Gasteiger charge is 2.17. The Bertz CT molecular complexity index is 440. The Morgan fingerprint density at radius 3 is 2.81 bits per heavy atom. The summed E-state index contributed by atoms with van der Waals surface area (Å²) in [6.07, 6.45) is 2.44. The van der Waals surface area contributed by atoms with Crippen LogP contribution in [0.2, 0.25) is 0 Å². The van der Waals surface area contributed by atoms with E-state index in [4.69, 9.17) is 0 Å². The first-order valence-electron chi connectivity index (χ1n) is 4.69. The molecule has 0 fully saturated rings. The second-order valence-electron chi connectivity index (χ2n) is 3.15. The van der Waals surface area contributed by atoms with Crippen LogP contribution in [0.15, 0.2) is 17.6 Å². The Labute approximate surface area is 93.9 Å². The predicted octanol–water partition coefficient (Wildman–Crippen LogP) is -0.834. The molecule has 16 heavy (non-hydrogen) atoms. The van der Waals surface area contributed by atoms with Gasteiger partial charge in [0, 0.05) is 13.6 Å². The quantitative estimate of drug-likeness (QED) is 0.708. The molecule has 0 radical (unpaired) electrons. The van der Waals surface area contributed by atoms with Gasteiger partial charge in [-0.25, -0.2) is 18.1 Å². The minimum Gasteiger partial charge on any atom is -0.345 e. The maximum absolute atomic E-state index is 11.6. The number of carbonyl (C=O) groups excluding carboxylic acids is 1. The van der Waals surface area contributed by atoms with E-state index in [1.54, 1.807) is 14.0 Å². The number of rotatable bonds is 5. The van der Waals surface area contributed by atoms with Crippen molar-refractivity contribution in [1.29, 1.82) is 0 Å². The van der Waals surface area contributed by atoms with Crippen LogP contribution >= 0.6 is 0 Å². The number of nitrogens with one attached hydrogen (secondary N) is 2. The molecular weight excluding hydrogens is 232 g/mol. The standard InChI is InChI=1S/C8H14N4O3S/c1-3-12(2)8(13)5-11-16(14,15)7-4-9-6-10-7/h4,6,11H,3,5H2,1-2H3,(H,9,10). The Morgan fingerprint density at radius 1 is 1.62 bits per heavy atom. The highest BCUT2D eigenvalue weighted by Crippen LogP contribution is 2.01. The molecule has 0 bridgehead atoms. The minimum absolute atomic E-state index is 0.0561. The molecule has 0 aliphatic carbocycles. The summed E-state index contributed by atoms with van der Waals surface area (Å²) >= 11 is 0. The zero-order valence-electron chi connectivity index (χ0n) is 9.10. The number of carbonyl (C=O) groups is 1. The summed E-state index contributed by atoms with van der Waals surface area (Å²) < 4.78 is 25.3. The van der Waals surface area contributed by atoms with Gasteiger partial charge in [-0.05, 0) is 6.92 Å². The van der Waals surface area contributed by atoms with Gasteiger partial charge >= 0.3 is 0 Å². The summed E-state index contributed by atoms with van der Waals surface area (Å²) in [6.45, 7) is 2.08. The lowest BCUT2D eigenvalue weighted by atomic mass is 10.5. The molecule has 0 aliphatic heterocycles. The van der Waals surface area contributed by atoms with E-state index in [1.807, 2.05) is 0 Å². The summed E-state index contributed by atoms with van der Waals surface area (Å²) in [7, 11) is -2.07. The van der Waals surface area contributed by atoms with Crippen molar-refractivity contribution in [3.05, 3.63) is 12.5 Å². The van der Waals surface area contributed by atoms with Crippen molar-refractivity contribution in [2.24, 2.45) is 0 Å². The van der Waals surface area contributed by atoms with Crippen molar-refractivity contribution in [1.82, 2.24) is 19.6 Å². The number of aromatic amines is 1. The molecule has 0 aliphatic rings. The first-order chi connectivity index (χ1) is 7.47. The van der Waals surface area contributed by atoms with Crippen molar-refractivity contribution in [3.63, 3.8) is 0 Å². The highest BCUT2D eigenvalue weighted by atomic mass is 32.2. The second kappa shape index (κ2) is 5.08. The Balaban J connectivity index is 2.59. The van der Waals surface area contributed by atoms with Crippen LogP contribution in [-0.2, 0) is 14.8 Å². The maximum Gasteiger partial charge on any atom is 0.258 e. The van der Waals surface area contributed by atoms with E-state index in [-0.39, 0.29) is 17.5 Å². The van der Waals surface area contributed by atoms with Gasteiger partial charge in [-0.2, -0.15) is 0 Å². The number of amides is 1. The van der Waals surface area contributed by atoms with Crippen LogP contribution in [0.25, 0.3) is 0 Å². The number of nitrogens with zero attached hydrogens (tertiary/aromatic N) is 2. The van der Waals surface area contributed by atoms with E-state index < -0.39 is 10.0 Å².